The minimum absolute atomic E-state index is 0.157. The predicted octanol–water partition coefficient (Wildman–Crippen LogP) is 4.16. The van der Waals surface area contributed by atoms with Gasteiger partial charge in [0.25, 0.3) is 5.91 Å². The van der Waals surface area contributed by atoms with Crippen LogP contribution in [0.5, 0.6) is 5.75 Å². The van der Waals surface area contributed by atoms with Crippen LogP contribution in [0.15, 0.2) is 48.0 Å². The van der Waals surface area contributed by atoms with Crippen molar-refractivity contribution in [1.29, 1.82) is 5.26 Å². The number of hydrogen-bond donors (Lipinski definition) is 0. The second kappa shape index (κ2) is 9.60. The van der Waals surface area contributed by atoms with Gasteiger partial charge in [-0.3, -0.25) is 4.79 Å². The molecule has 2 aromatic carbocycles. The lowest BCUT2D eigenvalue weighted by Gasteiger charge is -2.36. The highest BCUT2D eigenvalue weighted by molar-refractivity contribution is 14.1. The Balaban J connectivity index is 1.73. The molecule has 7 heteroatoms. The number of benzene rings is 2. The molecule has 144 valence electrons. The van der Waals surface area contributed by atoms with Gasteiger partial charge in [-0.15, -0.1) is 0 Å². The van der Waals surface area contributed by atoms with E-state index in [1.807, 2.05) is 30.3 Å². The quantitative estimate of drug-likeness (QED) is 0.301. The zero-order chi connectivity index (χ0) is 20.1. The van der Waals surface area contributed by atoms with Crippen molar-refractivity contribution < 1.29 is 9.53 Å². The van der Waals surface area contributed by atoms with Gasteiger partial charge in [0.15, 0.2) is 0 Å². The van der Waals surface area contributed by atoms with Gasteiger partial charge in [-0.25, -0.2) is 0 Å². The molecule has 1 aliphatic rings. The maximum Gasteiger partial charge on any atom is 0.264 e. The molecular weight excluding hydrogens is 580 g/mol. The van der Waals surface area contributed by atoms with E-state index in [4.69, 9.17) is 4.74 Å². The van der Waals surface area contributed by atoms with Gasteiger partial charge in [0, 0.05) is 31.9 Å². The number of hydrogen-bond acceptors (Lipinski definition) is 4. The van der Waals surface area contributed by atoms with Crippen LogP contribution in [-0.2, 0) is 4.79 Å². The minimum Gasteiger partial charge on any atom is -0.495 e. The number of nitrogens with zero attached hydrogens (tertiary/aromatic N) is 3. The number of anilines is 1. The Morgan fingerprint density at radius 1 is 1.11 bits per heavy atom. The van der Waals surface area contributed by atoms with E-state index in [1.165, 1.54) is 0 Å². The predicted molar refractivity (Wildman–Crippen MR) is 127 cm³/mol. The van der Waals surface area contributed by atoms with Crippen molar-refractivity contribution in [3.8, 4) is 11.8 Å². The molecule has 1 heterocycles. The third kappa shape index (κ3) is 4.78. The van der Waals surface area contributed by atoms with Gasteiger partial charge in [-0.05, 0) is 81.1 Å². The Labute approximate surface area is 192 Å². The zero-order valence-corrected chi connectivity index (χ0v) is 19.7. The molecule has 5 nitrogen and oxygen atoms in total. The zero-order valence-electron chi connectivity index (χ0n) is 15.4. The standard InChI is InChI=1S/C21H19I2N3O2/c1-28-20-18(22)12-15(13-19(20)23)11-16(14-24)21(27)26-9-7-25(8-10-26)17-5-3-2-4-6-17/h2-6,11-13H,7-10H2,1H3/b16-11-. The van der Waals surface area contributed by atoms with E-state index in [0.717, 1.165) is 37.2 Å². The van der Waals surface area contributed by atoms with Gasteiger partial charge in [0.2, 0.25) is 0 Å². The number of halogens is 2. The number of amides is 1. The molecule has 0 aliphatic carbocycles. The highest BCUT2D eigenvalue weighted by Gasteiger charge is 2.24. The average Bonchev–Trinajstić information content (AvgIpc) is 2.72. The summed E-state index contributed by atoms with van der Waals surface area (Å²) < 4.78 is 7.26. The van der Waals surface area contributed by atoms with E-state index in [2.05, 4.69) is 68.3 Å². The minimum atomic E-state index is -0.212. The molecule has 1 fully saturated rings. The second-order valence-corrected chi connectivity index (χ2v) is 8.63. The van der Waals surface area contributed by atoms with E-state index in [1.54, 1.807) is 18.1 Å². The Bertz CT molecular complexity index is 907. The van der Waals surface area contributed by atoms with Gasteiger partial charge >= 0.3 is 0 Å². The fraction of sp³-hybridized carbons (Fsp3) is 0.238. The molecule has 0 bridgehead atoms. The number of ether oxygens (including phenoxy) is 1. The molecule has 2 aromatic rings. The van der Waals surface area contributed by atoms with Gasteiger partial charge in [0.05, 0.1) is 14.3 Å². The lowest BCUT2D eigenvalue weighted by atomic mass is 10.1. The van der Waals surface area contributed by atoms with E-state index < -0.39 is 0 Å². The highest BCUT2D eigenvalue weighted by Crippen LogP contribution is 2.29. The number of rotatable bonds is 4. The molecule has 28 heavy (non-hydrogen) atoms. The number of nitriles is 1. The summed E-state index contributed by atoms with van der Waals surface area (Å²) in [6.45, 7) is 2.72. The number of methoxy groups -OCH3 is 1. The fourth-order valence-corrected chi connectivity index (χ4v) is 5.40. The van der Waals surface area contributed by atoms with E-state index in [-0.39, 0.29) is 11.5 Å². The summed E-state index contributed by atoms with van der Waals surface area (Å²) in [6.07, 6.45) is 1.66. The third-order valence-electron chi connectivity index (χ3n) is 4.57. The summed E-state index contributed by atoms with van der Waals surface area (Å²) in [7, 11) is 1.63. The van der Waals surface area contributed by atoms with Crippen LogP contribution >= 0.6 is 45.2 Å². The summed E-state index contributed by atoms with van der Waals surface area (Å²) in [5, 5.41) is 9.55. The van der Waals surface area contributed by atoms with Crippen molar-refractivity contribution in [2.75, 3.05) is 38.2 Å². The van der Waals surface area contributed by atoms with Gasteiger partial charge in [-0.2, -0.15) is 5.26 Å². The van der Waals surface area contributed by atoms with Crippen LogP contribution in [0.25, 0.3) is 6.08 Å². The first-order valence-electron chi connectivity index (χ1n) is 8.77. The van der Waals surface area contributed by atoms with Gasteiger partial charge < -0.3 is 14.5 Å². The Morgan fingerprint density at radius 2 is 1.71 bits per heavy atom. The van der Waals surface area contributed by atoms with Crippen molar-refractivity contribution in [1.82, 2.24) is 4.90 Å². The van der Waals surface area contributed by atoms with Gasteiger partial charge in [-0.1, -0.05) is 18.2 Å². The Morgan fingerprint density at radius 3 is 2.25 bits per heavy atom. The molecule has 1 aliphatic heterocycles. The first-order valence-corrected chi connectivity index (χ1v) is 10.9. The van der Waals surface area contributed by atoms with Crippen LogP contribution in [0.4, 0.5) is 5.69 Å². The number of carbonyl (C=O) groups excluding carboxylic acids is 1. The number of piperazine rings is 1. The lowest BCUT2D eigenvalue weighted by Crippen LogP contribution is -2.49. The second-order valence-electron chi connectivity index (χ2n) is 6.30. The molecule has 1 saturated heterocycles. The molecule has 0 spiro atoms. The molecular formula is C21H19I2N3O2. The molecule has 0 aromatic heterocycles. The monoisotopic (exact) mass is 599 g/mol. The van der Waals surface area contributed by atoms with E-state index >= 15 is 0 Å². The van der Waals surface area contributed by atoms with Crippen molar-refractivity contribution in [2.45, 2.75) is 0 Å². The molecule has 1 amide bonds. The van der Waals surface area contributed by atoms with Crippen molar-refractivity contribution in [3.05, 3.63) is 60.7 Å². The first kappa shape index (κ1) is 20.9. The molecule has 0 radical (unpaired) electrons. The summed E-state index contributed by atoms with van der Waals surface area (Å²) >= 11 is 4.39. The summed E-state index contributed by atoms with van der Waals surface area (Å²) in [5.74, 6) is 0.594. The summed E-state index contributed by atoms with van der Waals surface area (Å²) in [6, 6.07) is 16.1. The summed E-state index contributed by atoms with van der Waals surface area (Å²) in [5.41, 5.74) is 2.14. The van der Waals surface area contributed by atoms with Crippen LogP contribution in [0, 0.1) is 18.5 Å². The molecule has 3 rings (SSSR count). The average molecular weight is 599 g/mol. The summed E-state index contributed by atoms with van der Waals surface area (Å²) in [4.78, 5) is 16.9. The van der Waals surface area contributed by atoms with E-state index in [0.29, 0.717) is 13.1 Å². The highest BCUT2D eigenvalue weighted by atomic mass is 127. The first-order chi connectivity index (χ1) is 13.5. The maximum absolute atomic E-state index is 12.9. The van der Waals surface area contributed by atoms with E-state index in [9.17, 15) is 10.1 Å². The maximum atomic E-state index is 12.9. The van der Waals surface area contributed by atoms with Crippen LogP contribution in [0.2, 0.25) is 0 Å². The smallest absolute Gasteiger partial charge is 0.264 e. The Kier molecular flexibility index (Phi) is 7.18. The van der Waals surface area contributed by atoms with Crippen LogP contribution in [0.1, 0.15) is 5.56 Å². The lowest BCUT2D eigenvalue weighted by molar-refractivity contribution is -0.126. The normalized spacial score (nSPS) is 14.6. The third-order valence-corrected chi connectivity index (χ3v) is 6.18. The van der Waals surface area contributed by atoms with Crippen LogP contribution in [-0.4, -0.2) is 44.1 Å². The van der Waals surface area contributed by atoms with Gasteiger partial charge in [0.1, 0.15) is 17.4 Å². The van der Waals surface area contributed by atoms with Crippen molar-refractivity contribution >= 4 is 62.9 Å². The molecule has 0 atom stereocenters. The molecule has 0 unspecified atom stereocenters. The number of carbonyl (C=O) groups is 1. The van der Waals surface area contributed by atoms with Crippen LogP contribution < -0.4 is 9.64 Å². The molecule has 0 N–H and O–H groups in total. The SMILES string of the molecule is COc1c(I)cc(/C=C(/C#N)C(=O)N2CCN(c3ccccc3)CC2)cc1I. The largest absolute Gasteiger partial charge is 0.495 e. The van der Waals surface area contributed by atoms with Crippen molar-refractivity contribution in [3.63, 3.8) is 0 Å². The fourth-order valence-electron chi connectivity index (χ4n) is 3.14. The van der Waals surface area contributed by atoms with Crippen molar-refractivity contribution in [2.24, 2.45) is 0 Å². The molecule has 0 saturated carbocycles. The number of para-hydroxylation sites is 1. The van der Waals surface area contributed by atoms with Crippen LogP contribution in [0.3, 0.4) is 0 Å². The Hall–Kier alpha value is -1.80. The topological polar surface area (TPSA) is 56.6 Å².